The fourth-order valence-electron chi connectivity index (χ4n) is 5.84. The van der Waals surface area contributed by atoms with Gasteiger partial charge in [-0.1, -0.05) is 79.9 Å². The van der Waals surface area contributed by atoms with E-state index in [9.17, 15) is 14.7 Å². The first kappa shape index (κ1) is 25.6. The molecular weight excluding hydrogens is 496 g/mol. The number of carboxylic acids is 1. The smallest absolute Gasteiger partial charge is 0.335 e. The number of nitrogens with one attached hydrogen (secondary N) is 1. The van der Waals surface area contributed by atoms with Crippen LogP contribution in [0, 0.1) is 0 Å². The van der Waals surface area contributed by atoms with Crippen molar-refractivity contribution in [3.8, 4) is 11.1 Å². The highest BCUT2D eigenvalue weighted by atomic mass is 16.4. The van der Waals surface area contributed by atoms with Crippen molar-refractivity contribution in [3.05, 3.63) is 126 Å². The summed E-state index contributed by atoms with van der Waals surface area (Å²) in [5.74, 6) is -0.442. The first-order chi connectivity index (χ1) is 19.5. The zero-order chi connectivity index (χ0) is 27.5. The molecule has 1 saturated carbocycles. The highest BCUT2D eigenvalue weighted by molar-refractivity contribution is 6.04. The Bertz CT molecular complexity index is 1650. The second-order valence-electron chi connectivity index (χ2n) is 10.7. The summed E-state index contributed by atoms with van der Waals surface area (Å²) >= 11 is 0. The first-order valence-electron chi connectivity index (χ1n) is 14.0. The maximum atomic E-state index is 12.9. The lowest BCUT2D eigenvalue weighted by atomic mass is 9.84. The Balaban J connectivity index is 1.19. The second kappa shape index (κ2) is 11.2. The molecule has 0 atom stereocenters. The van der Waals surface area contributed by atoms with E-state index in [1.807, 2.05) is 60.7 Å². The molecule has 1 amide bonds. The molecule has 0 spiro atoms. The van der Waals surface area contributed by atoms with Gasteiger partial charge in [-0.05, 0) is 71.8 Å². The molecule has 0 saturated heterocycles. The molecule has 40 heavy (non-hydrogen) atoms. The lowest BCUT2D eigenvalue weighted by molar-refractivity contribution is 0.0696. The third-order valence-electron chi connectivity index (χ3n) is 8.03. The molecule has 1 heterocycles. The molecule has 5 heteroatoms. The highest BCUT2D eigenvalue weighted by Crippen LogP contribution is 2.33. The standard InChI is InChI=1S/C35H32N2O3/c38-34(28-15-13-26(14-16-28)25-7-3-1-4-8-25)36-30-18-11-24(12-19-30)22-37-23-32(27-9-5-2-6-10-27)31-20-17-29(35(39)40)21-33(31)37/h2,5-6,9-21,23,25H,1,3-4,7-8,22H2,(H,36,38)(H,39,40). The van der Waals surface area contributed by atoms with Gasteiger partial charge in [0.05, 0.1) is 5.56 Å². The van der Waals surface area contributed by atoms with Gasteiger partial charge in [0.25, 0.3) is 5.91 Å². The lowest BCUT2D eigenvalue weighted by Crippen LogP contribution is -2.12. The minimum Gasteiger partial charge on any atom is -0.478 e. The van der Waals surface area contributed by atoms with Gasteiger partial charge in [0, 0.05) is 40.5 Å². The van der Waals surface area contributed by atoms with Crippen molar-refractivity contribution in [2.45, 2.75) is 44.6 Å². The number of rotatable bonds is 7. The quantitative estimate of drug-likeness (QED) is 0.223. The van der Waals surface area contributed by atoms with E-state index in [2.05, 4.69) is 40.3 Å². The molecule has 1 aromatic heterocycles. The predicted octanol–water partition coefficient (Wildman–Crippen LogP) is 8.35. The van der Waals surface area contributed by atoms with Gasteiger partial charge in [0.2, 0.25) is 0 Å². The lowest BCUT2D eigenvalue weighted by Gasteiger charge is -2.22. The average Bonchev–Trinajstić information content (AvgIpc) is 3.36. The van der Waals surface area contributed by atoms with Crippen molar-refractivity contribution in [2.75, 3.05) is 5.32 Å². The Morgan fingerprint density at radius 3 is 2.20 bits per heavy atom. The van der Waals surface area contributed by atoms with E-state index in [0.717, 1.165) is 33.3 Å². The summed E-state index contributed by atoms with van der Waals surface area (Å²) in [6.45, 7) is 0.573. The molecule has 0 radical (unpaired) electrons. The number of nitrogens with zero attached hydrogens (tertiary/aromatic N) is 1. The van der Waals surface area contributed by atoms with Gasteiger partial charge in [-0.3, -0.25) is 4.79 Å². The normalized spacial score (nSPS) is 13.8. The van der Waals surface area contributed by atoms with Crippen molar-refractivity contribution in [1.29, 1.82) is 0 Å². The van der Waals surface area contributed by atoms with Crippen LogP contribution in [0.1, 0.15) is 69.9 Å². The Hall–Kier alpha value is -4.64. The van der Waals surface area contributed by atoms with Gasteiger partial charge in [0.1, 0.15) is 0 Å². The van der Waals surface area contributed by atoms with Crippen molar-refractivity contribution in [2.24, 2.45) is 0 Å². The van der Waals surface area contributed by atoms with E-state index in [-0.39, 0.29) is 11.5 Å². The van der Waals surface area contributed by atoms with Gasteiger partial charge in [-0.15, -0.1) is 0 Å². The fourth-order valence-corrected chi connectivity index (χ4v) is 5.84. The summed E-state index contributed by atoms with van der Waals surface area (Å²) in [7, 11) is 0. The van der Waals surface area contributed by atoms with Gasteiger partial charge >= 0.3 is 5.97 Å². The van der Waals surface area contributed by atoms with Gasteiger partial charge in [0.15, 0.2) is 0 Å². The molecule has 200 valence electrons. The molecule has 5 nitrogen and oxygen atoms in total. The Kier molecular flexibility index (Phi) is 7.19. The number of benzene rings is 4. The van der Waals surface area contributed by atoms with Crippen LogP contribution in [0.5, 0.6) is 0 Å². The maximum absolute atomic E-state index is 12.9. The number of hydrogen-bond acceptors (Lipinski definition) is 2. The Labute approximate surface area is 234 Å². The number of anilines is 1. The average molecular weight is 529 g/mol. The molecule has 1 fully saturated rings. The first-order valence-corrected chi connectivity index (χ1v) is 14.0. The number of carboxylic acid groups (broad SMARTS) is 1. The third kappa shape index (κ3) is 5.41. The van der Waals surface area contributed by atoms with Gasteiger partial charge < -0.3 is 15.0 Å². The summed E-state index contributed by atoms with van der Waals surface area (Å²) in [5, 5.41) is 13.6. The molecule has 1 aliphatic rings. The van der Waals surface area contributed by atoms with Crippen LogP contribution in [-0.4, -0.2) is 21.6 Å². The molecule has 1 aliphatic carbocycles. The summed E-state index contributed by atoms with van der Waals surface area (Å²) in [5.41, 5.74) is 7.05. The molecule has 6 rings (SSSR count). The van der Waals surface area contributed by atoms with E-state index in [1.54, 1.807) is 12.1 Å². The molecular formula is C35H32N2O3. The van der Waals surface area contributed by atoms with Crippen molar-refractivity contribution >= 4 is 28.5 Å². The SMILES string of the molecule is O=C(O)c1ccc2c(-c3ccccc3)cn(Cc3ccc(NC(=O)c4ccc(C5CCCCC5)cc4)cc3)c2c1. The zero-order valence-electron chi connectivity index (χ0n) is 22.3. The number of amides is 1. The summed E-state index contributed by atoms with van der Waals surface area (Å²) in [6, 6.07) is 31.3. The molecule has 0 aliphatic heterocycles. The molecule has 0 bridgehead atoms. The monoisotopic (exact) mass is 528 g/mol. The fraction of sp³-hybridized carbons (Fsp3) is 0.200. The minimum atomic E-state index is -0.945. The van der Waals surface area contributed by atoms with Crippen LogP contribution in [0.4, 0.5) is 5.69 Å². The largest absolute Gasteiger partial charge is 0.478 e. The number of aromatic carboxylic acids is 1. The predicted molar refractivity (Wildman–Crippen MR) is 160 cm³/mol. The molecule has 2 N–H and O–H groups in total. The molecule has 5 aromatic rings. The Morgan fingerprint density at radius 2 is 1.50 bits per heavy atom. The number of carbonyl (C=O) groups excluding carboxylic acids is 1. The number of carbonyl (C=O) groups is 2. The van der Waals surface area contributed by atoms with Crippen LogP contribution in [-0.2, 0) is 6.54 Å². The number of aromatic nitrogens is 1. The summed E-state index contributed by atoms with van der Waals surface area (Å²) in [6.07, 6.45) is 8.48. The van der Waals surface area contributed by atoms with Crippen molar-refractivity contribution in [3.63, 3.8) is 0 Å². The summed E-state index contributed by atoms with van der Waals surface area (Å²) < 4.78 is 2.09. The zero-order valence-corrected chi connectivity index (χ0v) is 22.3. The van der Waals surface area contributed by atoms with Crippen LogP contribution < -0.4 is 5.32 Å². The second-order valence-corrected chi connectivity index (χ2v) is 10.7. The number of hydrogen-bond donors (Lipinski definition) is 2. The minimum absolute atomic E-state index is 0.118. The summed E-state index contributed by atoms with van der Waals surface area (Å²) in [4.78, 5) is 24.5. The van der Waals surface area contributed by atoms with Crippen LogP contribution in [0.2, 0.25) is 0 Å². The van der Waals surface area contributed by atoms with Crippen LogP contribution in [0.25, 0.3) is 22.0 Å². The maximum Gasteiger partial charge on any atom is 0.335 e. The van der Waals surface area contributed by atoms with E-state index in [0.29, 0.717) is 18.0 Å². The highest BCUT2D eigenvalue weighted by Gasteiger charge is 2.17. The van der Waals surface area contributed by atoms with Gasteiger partial charge in [-0.2, -0.15) is 0 Å². The van der Waals surface area contributed by atoms with E-state index >= 15 is 0 Å². The Morgan fingerprint density at radius 1 is 0.800 bits per heavy atom. The molecule has 0 unspecified atom stereocenters. The van der Waals surface area contributed by atoms with Crippen LogP contribution in [0.3, 0.4) is 0 Å². The van der Waals surface area contributed by atoms with E-state index in [4.69, 9.17) is 0 Å². The van der Waals surface area contributed by atoms with Crippen LogP contribution in [0.15, 0.2) is 103 Å². The molecule has 4 aromatic carbocycles. The van der Waals surface area contributed by atoms with Crippen LogP contribution >= 0.6 is 0 Å². The number of fused-ring (bicyclic) bond motifs is 1. The van der Waals surface area contributed by atoms with Crippen molar-refractivity contribution in [1.82, 2.24) is 4.57 Å². The van der Waals surface area contributed by atoms with Gasteiger partial charge in [-0.25, -0.2) is 4.79 Å². The van der Waals surface area contributed by atoms with Crippen molar-refractivity contribution < 1.29 is 14.7 Å². The third-order valence-corrected chi connectivity index (χ3v) is 8.03. The topological polar surface area (TPSA) is 71.3 Å². The van der Waals surface area contributed by atoms with E-state index in [1.165, 1.54) is 37.7 Å². The van der Waals surface area contributed by atoms with E-state index < -0.39 is 5.97 Å².